The predicted octanol–water partition coefficient (Wildman–Crippen LogP) is 3.19. The monoisotopic (exact) mass is 488 g/mol. The summed E-state index contributed by atoms with van der Waals surface area (Å²) in [6.45, 7) is 4.20. The number of nitrogens with one attached hydrogen (secondary N) is 2. The lowest BCUT2D eigenvalue weighted by molar-refractivity contribution is 0.0444. The topological polar surface area (TPSA) is 128 Å². The Bertz CT molecular complexity index is 1320. The second-order valence-corrected chi connectivity index (χ2v) is 9.12. The van der Waals surface area contributed by atoms with Crippen LogP contribution in [0.3, 0.4) is 0 Å². The lowest BCUT2D eigenvalue weighted by Crippen LogP contribution is -2.17. The molecule has 2 N–H and O–H groups in total. The molecule has 1 aliphatic heterocycles. The molecule has 0 amide bonds. The third kappa shape index (κ3) is 6.00. The third-order valence-electron chi connectivity index (χ3n) is 5.42. The molecule has 0 aliphatic carbocycles. The number of aromatic nitrogens is 6. The fourth-order valence-electron chi connectivity index (χ4n) is 3.65. The van der Waals surface area contributed by atoms with Crippen molar-refractivity contribution in [1.29, 1.82) is 0 Å². The number of rotatable bonds is 8. The number of hydrogen-bond acceptors (Lipinski definition) is 11. The van der Waals surface area contributed by atoms with Crippen LogP contribution in [0.1, 0.15) is 33.4 Å². The quantitative estimate of drug-likeness (QED) is 0.357. The molecule has 10 nitrogen and oxygen atoms in total. The number of nitrogens with zero attached hydrogens (tertiary/aromatic N) is 6. The van der Waals surface area contributed by atoms with Crippen LogP contribution in [0.5, 0.6) is 0 Å². The fraction of sp³-hybridized carbons (Fsp3) is 0.292. The first-order valence-electron chi connectivity index (χ1n) is 11.3. The van der Waals surface area contributed by atoms with E-state index in [1.165, 1.54) is 11.3 Å². The van der Waals surface area contributed by atoms with E-state index < -0.39 is 5.97 Å². The second-order valence-electron chi connectivity index (χ2n) is 8.17. The summed E-state index contributed by atoms with van der Waals surface area (Å²) in [5, 5.41) is 8.92. The molecule has 35 heavy (non-hydrogen) atoms. The first kappa shape index (κ1) is 22.9. The van der Waals surface area contributed by atoms with Gasteiger partial charge in [-0.1, -0.05) is 6.07 Å². The molecule has 1 aliphatic rings. The van der Waals surface area contributed by atoms with Crippen molar-refractivity contribution >= 4 is 28.9 Å². The summed E-state index contributed by atoms with van der Waals surface area (Å²) in [6.07, 6.45) is 4.78. The molecule has 0 spiro atoms. The van der Waals surface area contributed by atoms with Gasteiger partial charge >= 0.3 is 5.97 Å². The van der Waals surface area contributed by atoms with Gasteiger partial charge in [0.15, 0.2) is 11.5 Å². The number of carbonyl (C=O) groups excluding carboxylic acids is 1. The lowest BCUT2D eigenvalue weighted by atomic mass is 10.1. The summed E-state index contributed by atoms with van der Waals surface area (Å²) < 4.78 is 5.42. The summed E-state index contributed by atoms with van der Waals surface area (Å²) in [4.78, 5) is 39.0. The number of aryl methyl sites for hydroxylation is 1. The average Bonchev–Trinajstić information content (AvgIpc) is 3.56. The van der Waals surface area contributed by atoms with Gasteiger partial charge in [0.1, 0.15) is 28.2 Å². The van der Waals surface area contributed by atoms with Crippen molar-refractivity contribution in [2.45, 2.75) is 19.8 Å². The number of thiazole rings is 1. The summed E-state index contributed by atoms with van der Waals surface area (Å²) >= 11 is 1.39. The van der Waals surface area contributed by atoms with Gasteiger partial charge in [-0.15, -0.1) is 11.3 Å². The standard InChI is InChI=1S/C24H24N8O2S/c1-15-3-2-4-17(28-15)23-27-10-7-20(32-23)30-19-6-9-26-21(31-19)11-22-29-18(14-35-22)24(33)34-13-16-5-8-25-12-16/h2-4,6-7,9-10,14,16,25H,5,8,11-13H2,1H3,(H,26,27,30,31,32)/t16-/m1/s1. The molecule has 5 rings (SSSR count). The molecule has 5 heterocycles. The first-order valence-corrected chi connectivity index (χ1v) is 12.2. The van der Waals surface area contributed by atoms with Crippen LogP contribution in [0.15, 0.2) is 48.1 Å². The van der Waals surface area contributed by atoms with E-state index in [0.29, 0.717) is 53.6 Å². The normalized spacial score (nSPS) is 15.2. The van der Waals surface area contributed by atoms with Crippen LogP contribution < -0.4 is 10.6 Å². The van der Waals surface area contributed by atoms with Crippen molar-refractivity contribution in [3.63, 3.8) is 0 Å². The molecule has 1 atom stereocenters. The Labute approximate surface area is 206 Å². The molecule has 0 saturated carbocycles. The van der Waals surface area contributed by atoms with Gasteiger partial charge in [0, 0.05) is 35.9 Å². The molecule has 4 aromatic heterocycles. The van der Waals surface area contributed by atoms with Crippen LogP contribution in [0.2, 0.25) is 0 Å². The average molecular weight is 489 g/mol. The molecule has 1 saturated heterocycles. The van der Waals surface area contributed by atoms with Gasteiger partial charge in [0.25, 0.3) is 0 Å². The van der Waals surface area contributed by atoms with Gasteiger partial charge in [-0.05, 0) is 44.2 Å². The Morgan fingerprint density at radius 1 is 1.11 bits per heavy atom. The van der Waals surface area contributed by atoms with Crippen molar-refractivity contribution in [2.24, 2.45) is 5.92 Å². The Hall–Kier alpha value is -3.83. The number of hydrogen-bond donors (Lipinski definition) is 2. The van der Waals surface area contributed by atoms with E-state index in [2.05, 4.69) is 40.5 Å². The molecule has 0 bridgehead atoms. The highest BCUT2D eigenvalue weighted by Gasteiger charge is 2.19. The van der Waals surface area contributed by atoms with E-state index in [1.54, 1.807) is 29.9 Å². The highest BCUT2D eigenvalue weighted by Crippen LogP contribution is 2.19. The van der Waals surface area contributed by atoms with Gasteiger partial charge in [0.05, 0.1) is 13.0 Å². The number of esters is 1. The summed E-state index contributed by atoms with van der Waals surface area (Å²) in [6, 6.07) is 9.25. The van der Waals surface area contributed by atoms with Gasteiger partial charge in [-0.3, -0.25) is 0 Å². The van der Waals surface area contributed by atoms with E-state index in [0.717, 1.165) is 30.2 Å². The number of pyridine rings is 1. The largest absolute Gasteiger partial charge is 0.461 e. The van der Waals surface area contributed by atoms with Crippen molar-refractivity contribution in [3.8, 4) is 11.5 Å². The molecule has 0 unspecified atom stereocenters. The zero-order valence-corrected chi connectivity index (χ0v) is 20.0. The minimum atomic E-state index is -0.390. The van der Waals surface area contributed by atoms with Gasteiger partial charge in [-0.2, -0.15) is 0 Å². The van der Waals surface area contributed by atoms with E-state index in [4.69, 9.17) is 4.74 Å². The van der Waals surface area contributed by atoms with Crippen LogP contribution in [0.4, 0.5) is 11.6 Å². The van der Waals surface area contributed by atoms with Crippen LogP contribution in [-0.4, -0.2) is 55.6 Å². The van der Waals surface area contributed by atoms with E-state index in [9.17, 15) is 4.79 Å². The molecule has 1 fully saturated rings. The maximum atomic E-state index is 12.3. The molecule has 0 radical (unpaired) electrons. The van der Waals surface area contributed by atoms with Crippen LogP contribution in [-0.2, 0) is 11.2 Å². The maximum absolute atomic E-state index is 12.3. The fourth-order valence-corrected chi connectivity index (χ4v) is 4.41. The second kappa shape index (κ2) is 10.6. The van der Waals surface area contributed by atoms with Crippen LogP contribution in [0.25, 0.3) is 11.5 Å². The van der Waals surface area contributed by atoms with Crippen molar-refractivity contribution in [2.75, 3.05) is 25.0 Å². The van der Waals surface area contributed by atoms with Gasteiger partial charge < -0.3 is 15.4 Å². The minimum absolute atomic E-state index is 0.323. The van der Waals surface area contributed by atoms with Crippen LogP contribution >= 0.6 is 11.3 Å². The molecule has 4 aromatic rings. The van der Waals surface area contributed by atoms with E-state index in [1.807, 2.05) is 25.1 Å². The first-order chi connectivity index (χ1) is 17.1. The minimum Gasteiger partial charge on any atom is -0.461 e. The number of anilines is 2. The SMILES string of the molecule is Cc1cccc(-c2nccc(Nc3ccnc(Cc4nc(C(=O)OC[C@@H]5CCNC5)cs4)n3)n2)n1. The zero-order chi connectivity index (χ0) is 24.0. The predicted molar refractivity (Wildman–Crippen MR) is 131 cm³/mol. The summed E-state index contributed by atoms with van der Waals surface area (Å²) in [7, 11) is 0. The van der Waals surface area contributed by atoms with Gasteiger partial charge in [0.2, 0.25) is 0 Å². The highest BCUT2D eigenvalue weighted by atomic mass is 32.1. The Morgan fingerprint density at radius 3 is 2.80 bits per heavy atom. The third-order valence-corrected chi connectivity index (χ3v) is 6.27. The maximum Gasteiger partial charge on any atom is 0.357 e. The van der Waals surface area contributed by atoms with Crippen molar-refractivity contribution in [1.82, 2.24) is 35.2 Å². The summed E-state index contributed by atoms with van der Waals surface area (Å²) in [5.74, 6) is 2.28. The van der Waals surface area contributed by atoms with Gasteiger partial charge in [-0.25, -0.2) is 34.7 Å². The smallest absolute Gasteiger partial charge is 0.357 e. The van der Waals surface area contributed by atoms with Crippen molar-refractivity contribution in [3.05, 3.63) is 70.3 Å². The van der Waals surface area contributed by atoms with Crippen molar-refractivity contribution < 1.29 is 9.53 Å². The Morgan fingerprint density at radius 2 is 1.97 bits per heavy atom. The molecule has 11 heteroatoms. The Balaban J connectivity index is 1.22. The molecular weight excluding hydrogens is 464 g/mol. The molecule has 0 aromatic carbocycles. The van der Waals surface area contributed by atoms with E-state index in [-0.39, 0.29) is 0 Å². The number of carbonyl (C=O) groups is 1. The highest BCUT2D eigenvalue weighted by molar-refractivity contribution is 7.09. The summed E-state index contributed by atoms with van der Waals surface area (Å²) in [5.41, 5.74) is 1.92. The molecule has 178 valence electrons. The molecular formula is C24H24N8O2S. The van der Waals surface area contributed by atoms with E-state index >= 15 is 0 Å². The Kier molecular flexibility index (Phi) is 6.96. The van der Waals surface area contributed by atoms with Crippen LogP contribution in [0, 0.1) is 12.8 Å². The lowest BCUT2D eigenvalue weighted by Gasteiger charge is -2.08. The zero-order valence-electron chi connectivity index (χ0n) is 19.1. The number of ether oxygens (including phenoxy) is 1.